The van der Waals surface area contributed by atoms with Crippen molar-refractivity contribution < 1.29 is 23.5 Å². The van der Waals surface area contributed by atoms with Gasteiger partial charge in [-0.25, -0.2) is 14.6 Å². The van der Waals surface area contributed by atoms with Gasteiger partial charge in [0.15, 0.2) is 6.61 Å². The Morgan fingerprint density at radius 1 is 1.37 bits per heavy atom. The van der Waals surface area contributed by atoms with Gasteiger partial charge in [-0.1, -0.05) is 11.6 Å². The van der Waals surface area contributed by atoms with Crippen molar-refractivity contribution in [3.63, 3.8) is 0 Å². The van der Waals surface area contributed by atoms with Crippen LogP contribution >= 0.6 is 11.6 Å². The molecule has 1 rings (SSSR count). The summed E-state index contributed by atoms with van der Waals surface area (Å²) < 4.78 is 22.4. The molecule has 19 heavy (non-hydrogen) atoms. The fourth-order valence-corrected chi connectivity index (χ4v) is 1.21. The van der Waals surface area contributed by atoms with Crippen LogP contribution in [0.5, 0.6) is 5.75 Å². The highest BCUT2D eigenvalue weighted by Gasteiger charge is 2.07. The Hall–Kier alpha value is -2.02. The monoisotopic (exact) mass is 290 g/mol. The molecule has 0 aliphatic heterocycles. The van der Waals surface area contributed by atoms with Gasteiger partial charge in [-0.3, -0.25) is 10.2 Å². The molecular weight excluding hydrogens is 279 g/mol. The lowest BCUT2D eigenvalue weighted by Crippen LogP contribution is -2.44. The van der Waals surface area contributed by atoms with Gasteiger partial charge < -0.3 is 9.47 Å². The van der Waals surface area contributed by atoms with Gasteiger partial charge in [-0.15, -0.1) is 0 Å². The summed E-state index contributed by atoms with van der Waals surface area (Å²) in [4.78, 5) is 22.1. The summed E-state index contributed by atoms with van der Waals surface area (Å²) in [5.41, 5.74) is 4.08. The number of ether oxygens (including phenoxy) is 2. The zero-order chi connectivity index (χ0) is 14.3. The largest absolute Gasteiger partial charge is 0.484 e. The van der Waals surface area contributed by atoms with E-state index >= 15 is 0 Å². The fraction of sp³-hybridized carbons (Fsp3) is 0.273. The minimum Gasteiger partial charge on any atom is -0.484 e. The highest BCUT2D eigenvalue weighted by Crippen LogP contribution is 2.20. The van der Waals surface area contributed by atoms with Crippen molar-refractivity contribution in [2.45, 2.75) is 6.92 Å². The highest BCUT2D eigenvalue weighted by molar-refractivity contribution is 6.30. The Bertz CT molecular complexity index is 470. The maximum atomic E-state index is 12.9. The van der Waals surface area contributed by atoms with Gasteiger partial charge in [0.25, 0.3) is 5.91 Å². The summed E-state index contributed by atoms with van der Waals surface area (Å²) in [5.74, 6) is -0.950. The van der Waals surface area contributed by atoms with Gasteiger partial charge in [0.1, 0.15) is 11.6 Å². The third-order valence-electron chi connectivity index (χ3n) is 1.84. The van der Waals surface area contributed by atoms with Gasteiger partial charge in [0.05, 0.1) is 11.6 Å². The Morgan fingerprint density at radius 2 is 2.11 bits per heavy atom. The topological polar surface area (TPSA) is 76.7 Å². The van der Waals surface area contributed by atoms with Crippen molar-refractivity contribution in [3.8, 4) is 5.75 Å². The Balaban J connectivity index is 2.33. The summed E-state index contributed by atoms with van der Waals surface area (Å²) in [7, 11) is 0. The van der Waals surface area contributed by atoms with E-state index in [1.165, 1.54) is 12.1 Å². The highest BCUT2D eigenvalue weighted by atomic mass is 35.5. The SMILES string of the molecule is CCOC(=O)NNC(=O)COc1ccc(F)c(Cl)c1. The lowest BCUT2D eigenvalue weighted by atomic mass is 10.3. The van der Waals surface area contributed by atoms with E-state index in [1.54, 1.807) is 6.92 Å². The third kappa shape index (κ3) is 5.43. The molecule has 0 saturated carbocycles. The molecule has 0 bridgehead atoms. The summed E-state index contributed by atoms with van der Waals surface area (Å²) in [5, 5.41) is -0.109. The Morgan fingerprint density at radius 3 is 2.74 bits per heavy atom. The number of halogens is 2. The molecule has 0 aliphatic rings. The second kappa shape index (κ2) is 7.42. The first-order valence-electron chi connectivity index (χ1n) is 5.32. The van der Waals surface area contributed by atoms with Gasteiger partial charge >= 0.3 is 6.09 Å². The minimum absolute atomic E-state index is 0.109. The molecular formula is C11H12ClFN2O4. The number of nitrogens with one attached hydrogen (secondary N) is 2. The summed E-state index contributed by atoms with van der Waals surface area (Å²) >= 11 is 5.54. The van der Waals surface area contributed by atoms with Crippen LogP contribution in [-0.2, 0) is 9.53 Å². The van der Waals surface area contributed by atoms with E-state index in [4.69, 9.17) is 16.3 Å². The molecule has 6 nitrogen and oxygen atoms in total. The van der Waals surface area contributed by atoms with E-state index < -0.39 is 17.8 Å². The van der Waals surface area contributed by atoms with E-state index in [2.05, 4.69) is 10.2 Å². The van der Waals surface area contributed by atoms with Crippen molar-refractivity contribution in [2.75, 3.05) is 13.2 Å². The van der Waals surface area contributed by atoms with E-state index in [0.717, 1.165) is 6.07 Å². The third-order valence-corrected chi connectivity index (χ3v) is 2.13. The normalized spacial score (nSPS) is 9.63. The smallest absolute Gasteiger partial charge is 0.426 e. The van der Waals surface area contributed by atoms with E-state index in [9.17, 15) is 14.0 Å². The van der Waals surface area contributed by atoms with Gasteiger partial charge in [-0.05, 0) is 19.1 Å². The number of hydrazine groups is 1. The molecule has 2 N–H and O–H groups in total. The Kier molecular flexibility index (Phi) is 5.87. The molecule has 0 fully saturated rings. The molecule has 0 spiro atoms. The van der Waals surface area contributed by atoms with Crippen LogP contribution in [0.3, 0.4) is 0 Å². The predicted octanol–water partition coefficient (Wildman–Crippen LogP) is 1.64. The average molecular weight is 291 g/mol. The quantitative estimate of drug-likeness (QED) is 0.827. The van der Waals surface area contributed by atoms with E-state index in [0.29, 0.717) is 0 Å². The molecule has 1 aromatic rings. The molecule has 0 radical (unpaired) electrons. The zero-order valence-electron chi connectivity index (χ0n) is 10.0. The molecule has 0 heterocycles. The first-order chi connectivity index (χ1) is 9.02. The number of carbonyl (C=O) groups excluding carboxylic acids is 2. The van der Waals surface area contributed by atoms with Crippen molar-refractivity contribution in [3.05, 3.63) is 29.0 Å². The van der Waals surface area contributed by atoms with Crippen LogP contribution in [0, 0.1) is 5.82 Å². The molecule has 2 amide bonds. The predicted molar refractivity (Wildman–Crippen MR) is 65.2 cm³/mol. The number of hydrogen-bond donors (Lipinski definition) is 2. The number of benzene rings is 1. The first kappa shape index (κ1) is 15.0. The molecule has 8 heteroatoms. The van der Waals surface area contributed by atoms with Crippen molar-refractivity contribution in [1.29, 1.82) is 0 Å². The maximum Gasteiger partial charge on any atom is 0.426 e. The molecule has 0 unspecified atom stereocenters. The number of rotatable bonds is 4. The van der Waals surface area contributed by atoms with E-state index in [1.807, 2.05) is 5.43 Å². The fourth-order valence-electron chi connectivity index (χ4n) is 1.04. The lowest BCUT2D eigenvalue weighted by Gasteiger charge is -2.08. The lowest BCUT2D eigenvalue weighted by molar-refractivity contribution is -0.123. The zero-order valence-corrected chi connectivity index (χ0v) is 10.8. The molecule has 1 aromatic carbocycles. The molecule has 104 valence electrons. The molecule has 0 atom stereocenters. The summed E-state index contributed by atoms with van der Waals surface area (Å²) in [6.07, 6.45) is -0.777. The summed E-state index contributed by atoms with van der Waals surface area (Å²) in [6.45, 7) is 1.45. The second-order valence-corrected chi connectivity index (χ2v) is 3.67. The maximum absolute atomic E-state index is 12.9. The van der Waals surface area contributed by atoms with Crippen LogP contribution in [0.2, 0.25) is 5.02 Å². The first-order valence-corrected chi connectivity index (χ1v) is 5.70. The molecule has 0 saturated heterocycles. The number of amides is 2. The van der Waals surface area contributed by atoms with Crippen LogP contribution in [0.4, 0.5) is 9.18 Å². The van der Waals surface area contributed by atoms with Crippen molar-refractivity contribution >= 4 is 23.6 Å². The van der Waals surface area contributed by atoms with Gasteiger partial charge in [0.2, 0.25) is 0 Å². The standard InChI is InChI=1S/C11H12ClFN2O4/c1-2-18-11(17)15-14-10(16)6-19-7-3-4-9(13)8(12)5-7/h3-5H,2,6H2,1H3,(H,14,16)(H,15,17). The van der Waals surface area contributed by atoms with Gasteiger partial charge in [-0.2, -0.15) is 0 Å². The molecule has 0 aromatic heterocycles. The van der Waals surface area contributed by atoms with Crippen molar-refractivity contribution in [1.82, 2.24) is 10.9 Å². The Labute approximate surface area is 113 Å². The van der Waals surface area contributed by atoms with Gasteiger partial charge in [0, 0.05) is 6.07 Å². The van der Waals surface area contributed by atoms with Crippen LogP contribution in [0.25, 0.3) is 0 Å². The minimum atomic E-state index is -0.777. The van der Waals surface area contributed by atoms with Crippen LogP contribution in [-0.4, -0.2) is 25.2 Å². The average Bonchev–Trinajstić information content (AvgIpc) is 2.38. The molecule has 0 aliphatic carbocycles. The summed E-state index contributed by atoms with van der Waals surface area (Å²) in [6, 6.07) is 3.68. The second-order valence-electron chi connectivity index (χ2n) is 3.26. The van der Waals surface area contributed by atoms with Crippen LogP contribution in [0.15, 0.2) is 18.2 Å². The van der Waals surface area contributed by atoms with E-state index in [-0.39, 0.29) is 24.0 Å². The van der Waals surface area contributed by atoms with Crippen LogP contribution < -0.4 is 15.6 Å². The number of hydrogen-bond acceptors (Lipinski definition) is 4. The number of carbonyl (C=O) groups is 2. The van der Waals surface area contributed by atoms with Crippen LogP contribution in [0.1, 0.15) is 6.92 Å². The van der Waals surface area contributed by atoms with Crippen molar-refractivity contribution in [2.24, 2.45) is 0 Å².